The van der Waals surface area contributed by atoms with Gasteiger partial charge in [0.1, 0.15) is 17.4 Å². The smallest absolute Gasteiger partial charge is 0.119 e. The fourth-order valence-corrected chi connectivity index (χ4v) is 2.39. The molecule has 0 spiro atoms. The highest BCUT2D eigenvalue weighted by molar-refractivity contribution is 7.09. The zero-order valence-corrected chi connectivity index (χ0v) is 13.0. The van der Waals surface area contributed by atoms with Gasteiger partial charge in [-0.05, 0) is 45.3 Å². The van der Waals surface area contributed by atoms with E-state index < -0.39 is 0 Å². The van der Waals surface area contributed by atoms with Crippen LogP contribution in [0.2, 0.25) is 0 Å². The summed E-state index contributed by atoms with van der Waals surface area (Å²) in [4.78, 5) is 6.53. The van der Waals surface area contributed by atoms with Crippen LogP contribution in [0, 0.1) is 6.92 Å². The van der Waals surface area contributed by atoms with Gasteiger partial charge in [-0.15, -0.1) is 11.3 Å². The number of aromatic nitrogens is 1. The van der Waals surface area contributed by atoms with Crippen molar-refractivity contribution in [2.75, 3.05) is 32.6 Å². The van der Waals surface area contributed by atoms with E-state index in [2.05, 4.69) is 20.6 Å². The first-order valence-corrected chi connectivity index (χ1v) is 7.54. The van der Waals surface area contributed by atoms with Gasteiger partial charge in [-0.2, -0.15) is 0 Å². The minimum Gasteiger partial charge on any atom is -0.492 e. The molecule has 4 nitrogen and oxygen atoms in total. The first-order chi connectivity index (χ1) is 9.63. The number of benzene rings is 1. The van der Waals surface area contributed by atoms with Gasteiger partial charge in [-0.25, -0.2) is 4.98 Å². The van der Waals surface area contributed by atoms with Crippen LogP contribution in [-0.4, -0.2) is 37.1 Å². The number of nitrogens with zero attached hydrogens (tertiary/aromatic N) is 2. The number of rotatable bonds is 7. The molecule has 1 N–H and O–H groups in total. The number of aryl methyl sites for hydroxylation is 1. The molecule has 0 aliphatic carbocycles. The molecule has 0 aliphatic rings. The number of hydrogen-bond donors (Lipinski definition) is 1. The zero-order valence-electron chi connectivity index (χ0n) is 12.2. The Bertz CT molecular complexity index is 522. The van der Waals surface area contributed by atoms with E-state index in [-0.39, 0.29) is 0 Å². The lowest BCUT2D eigenvalue weighted by Crippen LogP contribution is -2.19. The molecule has 2 rings (SSSR count). The molecule has 0 bridgehead atoms. The van der Waals surface area contributed by atoms with Crippen molar-refractivity contribution in [2.45, 2.75) is 13.5 Å². The number of nitrogens with one attached hydrogen (secondary N) is 1. The topological polar surface area (TPSA) is 37.4 Å². The number of hydrogen-bond acceptors (Lipinski definition) is 5. The monoisotopic (exact) mass is 291 g/mol. The molecule has 1 aromatic carbocycles. The predicted octanol–water partition coefficient (Wildman–Crippen LogP) is 3.00. The molecule has 1 heterocycles. The molecular weight excluding hydrogens is 270 g/mol. The molecule has 0 saturated carbocycles. The highest BCUT2D eigenvalue weighted by atomic mass is 32.1. The maximum atomic E-state index is 5.66. The van der Waals surface area contributed by atoms with Crippen LogP contribution < -0.4 is 10.1 Å². The third kappa shape index (κ3) is 4.83. The average molecular weight is 291 g/mol. The predicted molar refractivity (Wildman–Crippen MR) is 84.7 cm³/mol. The molecule has 20 heavy (non-hydrogen) atoms. The van der Waals surface area contributed by atoms with Gasteiger partial charge >= 0.3 is 0 Å². The Balaban J connectivity index is 1.79. The van der Waals surface area contributed by atoms with Crippen molar-refractivity contribution >= 4 is 17.0 Å². The maximum absolute atomic E-state index is 5.66. The fraction of sp³-hybridized carbons (Fsp3) is 0.400. The van der Waals surface area contributed by atoms with Crippen LogP contribution in [0.5, 0.6) is 5.75 Å². The standard InChI is InChI=1S/C15H21N3OS/c1-12-11-20-15(17-12)10-16-13-4-6-14(7-5-13)19-9-8-18(2)3/h4-7,11,16H,8-10H2,1-3H3. The van der Waals surface area contributed by atoms with E-state index in [1.54, 1.807) is 11.3 Å². The molecule has 0 amide bonds. The summed E-state index contributed by atoms with van der Waals surface area (Å²) in [5.41, 5.74) is 2.16. The zero-order chi connectivity index (χ0) is 14.4. The number of anilines is 1. The average Bonchev–Trinajstić information content (AvgIpc) is 2.83. The number of thiazole rings is 1. The van der Waals surface area contributed by atoms with E-state index >= 15 is 0 Å². The molecule has 0 radical (unpaired) electrons. The Morgan fingerprint density at radius 1 is 1.25 bits per heavy atom. The van der Waals surface area contributed by atoms with E-state index in [1.165, 1.54) is 0 Å². The molecule has 0 atom stereocenters. The number of ether oxygens (including phenoxy) is 1. The SMILES string of the molecule is Cc1csc(CNc2ccc(OCCN(C)C)cc2)n1. The van der Waals surface area contributed by atoms with Crippen molar-refractivity contribution < 1.29 is 4.74 Å². The molecule has 108 valence electrons. The summed E-state index contributed by atoms with van der Waals surface area (Å²) in [6, 6.07) is 8.05. The Morgan fingerprint density at radius 2 is 2.00 bits per heavy atom. The quantitative estimate of drug-likeness (QED) is 0.851. The van der Waals surface area contributed by atoms with Crippen molar-refractivity contribution in [3.63, 3.8) is 0 Å². The van der Waals surface area contributed by atoms with Crippen LogP contribution in [0.3, 0.4) is 0 Å². The minimum atomic E-state index is 0.707. The second-order valence-electron chi connectivity index (χ2n) is 4.91. The van der Waals surface area contributed by atoms with Gasteiger partial charge in [0.25, 0.3) is 0 Å². The highest BCUT2D eigenvalue weighted by Gasteiger charge is 1.99. The van der Waals surface area contributed by atoms with Crippen molar-refractivity contribution in [3.05, 3.63) is 40.3 Å². The van der Waals surface area contributed by atoms with Gasteiger partial charge in [0.2, 0.25) is 0 Å². The summed E-state index contributed by atoms with van der Waals surface area (Å²) in [5.74, 6) is 0.905. The van der Waals surface area contributed by atoms with Crippen molar-refractivity contribution in [1.82, 2.24) is 9.88 Å². The van der Waals surface area contributed by atoms with E-state index in [0.717, 1.165) is 35.2 Å². The Morgan fingerprint density at radius 3 is 2.60 bits per heavy atom. The lowest BCUT2D eigenvalue weighted by Gasteiger charge is -2.11. The minimum absolute atomic E-state index is 0.707. The van der Waals surface area contributed by atoms with Gasteiger partial charge in [-0.3, -0.25) is 0 Å². The third-order valence-corrected chi connectivity index (χ3v) is 3.74. The van der Waals surface area contributed by atoms with Crippen LogP contribution in [0.4, 0.5) is 5.69 Å². The Kier molecular flexibility index (Phi) is 5.38. The van der Waals surface area contributed by atoms with E-state index in [4.69, 9.17) is 4.74 Å². The Labute approximate surface area is 124 Å². The lowest BCUT2D eigenvalue weighted by atomic mass is 10.3. The van der Waals surface area contributed by atoms with Crippen molar-refractivity contribution in [3.8, 4) is 5.75 Å². The normalized spacial score (nSPS) is 10.8. The van der Waals surface area contributed by atoms with E-state index in [0.29, 0.717) is 6.61 Å². The molecule has 0 unspecified atom stereocenters. The van der Waals surface area contributed by atoms with Gasteiger partial charge < -0.3 is 15.0 Å². The largest absolute Gasteiger partial charge is 0.492 e. The lowest BCUT2D eigenvalue weighted by molar-refractivity contribution is 0.261. The van der Waals surface area contributed by atoms with Gasteiger partial charge in [0, 0.05) is 23.3 Å². The third-order valence-electron chi connectivity index (χ3n) is 2.77. The van der Waals surface area contributed by atoms with Gasteiger partial charge in [0.05, 0.1) is 6.54 Å². The van der Waals surface area contributed by atoms with Gasteiger partial charge in [0.15, 0.2) is 0 Å². The maximum Gasteiger partial charge on any atom is 0.119 e. The fourth-order valence-electron chi connectivity index (χ4n) is 1.68. The molecular formula is C15H21N3OS. The summed E-state index contributed by atoms with van der Waals surface area (Å²) in [6.07, 6.45) is 0. The van der Waals surface area contributed by atoms with Crippen LogP contribution >= 0.6 is 11.3 Å². The first-order valence-electron chi connectivity index (χ1n) is 6.66. The van der Waals surface area contributed by atoms with Crippen molar-refractivity contribution in [1.29, 1.82) is 0 Å². The van der Waals surface area contributed by atoms with Crippen LogP contribution in [0.1, 0.15) is 10.7 Å². The van der Waals surface area contributed by atoms with Gasteiger partial charge in [-0.1, -0.05) is 0 Å². The summed E-state index contributed by atoms with van der Waals surface area (Å²) < 4.78 is 5.66. The Hall–Kier alpha value is -1.59. The summed E-state index contributed by atoms with van der Waals surface area (Å²) in [6.45, 7) is 4.40. The summed E-state index contributed by atoms with van der Waals surface area (Å²) in [5, 5.41) is 6.53. The molecule has 1 aromatic heterocycles. The van der Waals surface area contributed by atoms with Crippen LogP contribution in [0.25, 0.3) is 0 Å². The molecule has 5 heteroatoms. The summed E-state index contributed by atoms with van der Waals surface area (Å²) in [7, 11) is 4.08. The second-order valence-corrected chi connectivity index (χ2v) is 5.85. The van der Waals surface area contributed by atoms with Crippen LogP contribution in [0.15, 0.2) is 29.6 Å². The molecule has 0 fully saturated rings. The van der Waals surface area contributed by atoms with E-state index in [9.17, 15) is 0 Å². The van der Waals surface area contributed by atoms with Crippen molar-refractivity contribution in [2.24, 2.45) is 0 Å². The summed E-state index contributed by atoms with van der Waals surface area (Å²) >= 11 is 1.68. The highest BCUT2D eigenvalue weighted by Crippen LogP contribution is 2.17. The molecule has 0 aliphatic heterocycles. The first kappa shape index (κ1) is 14.8. The molecule has 2 aromatic rings. The van der Waals surface area contributed by atoms with Crippen LogP contribution in [-0.2, 0) is 6.54 Å². The molecule has 0 saturated heterocycles. The number of likely N-dealkylation sites (N-methyl/N-ethyl adjacent to an activating group) is 1. The van der Waals surface area contributed by atoms with E-state index in [1.807, 2.05) is 45.3 Å². The second kappa shape index (κ2) is 7.26.